The molecule has 0 radical (unpaired) electrons. The standard InChI is InChI=1S/C15H24Br2N2O3S/c1-4-6-19(7-5-2)9-8-18(3)23(21,22)12-10-13(16)15(20)14(17)11-12/h10-11,20H,4-9H2,1-3H3. The molecule has 0 aliphatic carbocycles. The summed E-state index contributed by atoms with van der Waals surface area (Å²) < 4.78 is 27.4. The molecule has 0 bridgehead atoms. The van der Waals surface area contributed by atoms with Crippen molar-refractivity contribution in [2.24, 2.45) is 0 Å². The van der Waals surface area contributed by atoms with E-state index in [1.807, 2.05) is 0 Å². The number of likely N-dealkylation sites (N-methyl/N-ethyl adjacent to an activating group) is 1. The second-order valence-corrected chi connectivity index (χ2v) is 9.16. The number of rotatable bonds is 9. The summed E-state index contributed by atoms with van der Waals surface area (Å²) in [6, 6.07) is 2.84. The number of hydrogen-bond donors (Lipinski definition) is 1. The van der Waals surface area contributed by atoms with Gasteiger partial charge in [-0.1, -0.05) is 13.8 Å². The van der Waals surface area contributed by atoms with Crippen molar-refractivity contribution in [3.05, 3.63) is 21.1 Å². The number of benzene rings is 1. The van der Waals surface area contributed by atoms with Gasteiger partial charge in [-0.2, -0.15) is 4.31 Å². The normalized spacial score (nSPS) is 12.3. The largest absolute Gasteiger partial charge is 0.506 e. The van der Waals surface area contributed by atoms with Crippen LogP contribution in [0.3, 0.4) is 0 Å². The molecule has 5 nitrogen and oxygen atoms in total. The van der Waals surface area contributed by atoms with Crippen molar-refractivity contribution in [3.63, 3.8) is 0 Å². The maximum Gasteiger partial charge on any atom is 0.242 e. The maximum atomic E-state index is 12.7. The predicted molar refractivity (Wildman–Crippen MR) is 100 cm³/mol. The molecule has 0 unspecified atom stereocenters. The highest BCUT2D eigenvalue weighted by Crippen LogP contribution is 2.35. The molecule has 0 fully saturated rings. The first kappa shape index (κ1) is 20.9. The fourth-order valence-corrected chi connectivity index (χ4v) is 4.95. The number of aromatic hydroxyl groups is 1. The third-order valence-electron chi connectivity index (χ3n) is 3.51. The summed E-state index contributed by atoms with van der Waals surface area (Å²) in [5.74, 6) is -0.0105. The van der Waals surface area contributed by atoms with Gasteiger partial charge in [-0.25, -0.2) is 8.42 Å². The van der Waals surface area contributed by atoms with E-state index in [4.69, 9.17) is 0 Å². The maximum absolute atomic E-state index is 12.7. The Bertz CT molecular complexity index is 594. The second-order valence-electron chi connectivity index (χ2n) is 5.40. The number of sulfonamides is 1. The molecule has 0 aliphatic rings. The van der Waals surface area contributed by atoms with Crippen molar-refractivity contribution in [1.82, 2.24) is 9.21 Å². The molecular formula is C15H24Br2N2O3S. The van der Waals surface area contributed by atoms with E-state index in [1.165, 1.54) is 16.4 Å². The van der Waals surface area contributed by atoms with Crippen LogP contribution in [-0.4, -0.2) is 56.0 Å². The molecule has 1 aromatic rings. The van der Waals surface area contributed by atoms with Gasteiger partial charge in [-0.3, -0.25) is 0 Å². The van der Waals surface area contributed by atoms with Crippen molar-refractivity contribution in [2.75, 3.05) is 33.2 Å². The lowest BCUT2D eigenvalue weighted by molar-refractivity contribution is 0.258. The first-order chi connectivity index (χ1) is 10.7. The van der Waals surface area contributed by atoms with Crippen molar-refractivity contribution < 1.29 is 13.5 Å². The van der Waals surface area contributed by atoms with E-state index in [1.54, 1.807) is 7.05 Å². The van der Waals surface area contributed by atoms with Gasteiger partial charge in [0.1, 0.15) is 5.75 Å². The van der Waals surface area contributed by atoms with Crippen molar-refractivity contribution in [1.29, 1.82) is 0 Å². The number of phenolic OH excluding ortho intramolecular Hbond substituents is 1. The number of nitrogens with zero attached hydrogens (tertiary/aromatic N) is 2. The minimum Gasteiger partial charge on any atom is -0.506 e. The Morgan fingerprint density at radius 2 is 1.48 bits per heavy atom. The Kier molecular flexibility index (Phi) is 8.51. The monoisotopic (exact) mass is 470 g/mol. The van der Waals surface area contributed by atoms with Crippen LogP contribution in [0, 0.1) is 0 Å². The lowest BCUT2D eigenvalue weighted by atomic mass is 10.3. The summed E-state index contributed by atoms with van der Waals surface area (Å²) in [5.41, 5.74) is 0. The SMILES string of the molecule is CCCN(CCC)CCN(C)S(=O)(=O)c1cc(Br)c(O)c(Br)c1. The Hall–Kier alpha value is -0.150. The number of phenols is 1. The molecule has 1 N–H and O–H groups in total. The van der Waals surface area contributed by atoms with Crippen molar-refractivity contribution in [2.45, 2.75) is 31.6 Å². The van der Waals surface area contributed by atoms with Crippen molar-refractivity contribution >= 4 is 41.9 Å². The van der Waals surface area contributed by atoms with Crippen LogP contribution in [0.2, 0.25) is 0 Å². The molecule has 0 spiro atoms. The van der Waals surface area contributed by atoms with Gasteiger partial charge >= 0.3 is 0 Å². The zero-order valence-electron chi connectivity index (χ0n) is 13.7. The molecular weight excluding hydrogens is 448 g/mol. The van der Waals surface area contributed by atoms with Crippen LogP contribution >= 0.6 is 31.9 Å². The smallest absolute Gasteiger partial charge is 0.242 e. The average molecular weight is 472 g/mol. The van der Waals surface area contributed by atoms with E-state index < -0.39 is 10.0 Å². The molecule has 0 heterocycles. The van der Waals surface area contributed by atoms with Crippen LogP contribution in [0.15, 0.2) is 26.0 Å². The molecule has 1 rings (SSSR count). The van der Waals surface area contributed by atoms with Crippen LogP contribution in [0.25, 0.3) is 0 Å². The molecule has 0 saturated carbocycles. The molecule has 132 valence electrons. The van der Waals surface area contributed by atoms with Gasteiger partial charge < -0.3 is 10.0 Å². The summed E-state index contributed by atoms with van der Waals surface area (Å²) in [6.07, 6.45) is 2.10. The summed E-state index contributed by atoms with van der Waals surface area (Å²) in [7, 11) is -2.01. The highest BCUT2D eigenvalue weighted by atomic mass is 79.9. The van der Waals surface area contributed by atoms with Crippen molar-refractivity contribution in [3.8, 4) is 5.75 Å². The third kappa shape index (κ3) is 5.70. The first-order valence-corrected chi connectivity index (χ1v) is 10.6. The molecule has 0 aromatic heterocycles. The highest BCUT2D eigenvalue weighted by Gasteiger charge is 2.23. The van der Waals surface area contributed by atoms with Gasteiger partial charge in [0, 0.05) is 20.1 Å². The van der Waals surface area contributed by atoms with Gasteiger partial charge in [0.25, 0.3) is 0 Å². The summed E-state index contributed by atoms with van der Waals surface area (Å²) in [4.78, 5) is 2.42. The third-order valence-corrected chi connectivity index (χ3v) is 6.55. The molecule has 0 atom stereocenters. The lowest BCUT2D eigenvalue weighted by Gasteiger charge is -2.24. The van der Waals surface area contributed by atoms with Gasteiger partial charge in [0.15, 0.2) is 0 Å². The van der Waals surface area contributed by atoms with E-state index in [0.717, 1.165) is 25.9 Å². The fourth-order valence-electron chi connectivity index (χ4n) is 2.24. The zero-order valence-corrected chi connectivity index (χ0v) is 17.7. The minimum atomic E-state index is -3.59. The van der Waals surface area contributed by atoms with Gasteiger partial charge in [0.05, 0.1) is 13.8 Å². The second kappa shape index (κ2) is 9.36. The first-order valence-electron chi connectivity index (χ1n) is 7.60. The van der Waals surface area contributed by atoms with Gasteiger partial charge in [-0.15, -0.1) is 0 Å². The topological polar surface area (TPSA) is 60.9 Å². The van der Waals surface area contributed by atoms with Gasteiger partial charge in [0.2, 0.25) is 10.0 Å². The quantitative estimate of drug-likeness (QED) is 0.596. The van der Waals surface area contributed by atoms with E-state index in [9.17, 15) is 13.5 Å². The van der Waals surface area contributed by atoms with Crippen LogP contribution < -0.4 is 0 Å². The van der Waals surface area contributed by atoms with Crippen LogP contribution in [0.4, 0.5) is 0 Å². The highest BCUT2D eigenvalue weighted by molar-refractivity contribution is 9.11. The molecule has 23 heavy (non-hydrogen) atoms. The van der Waals surface area contributed by atoms with Gasteiger partial charge in [-0.05, 0) is 69.9 Å². The minimum absolute atomic E-state index is 0.0105. The van der Waals surface area contributed by atoms with Crippen LogP contribution in [0.5, 0.6) is 5.75 Å². The predicted octanol–water partition coefficient (Wildman–Crippen LogP) is 3.66. The molecule has 0 aliphatic heterocycles. The van der Waals surface area contributed by atoms with E-state index in [-0.39, 0.29) is 10.6 Å². The Labute approximate surface area is 156 Å². The fraction of sp³-hybridized carbons (Fsp3) is 0.600. The van der Waals surface area contributed by atoms with Crippen LogP contribution in [-0.2, 0) is 10.0 Å². The summed E-state index contributed by atoms with van der Waals surface area (Å²) >= 11 is 6.34. The Morgan fingerprint density at radius 3 is 1.91 bits per heavy atom. The van der Waals surface area contributed by atoms with E-state index in [0.29, 0.717) is 22.0 Å². The number of halogens is 2. The summed E-state index contributed by atoms with van der Waals surface area (Å²) in [5, 5.41) is 9.72. The molecule has 0 saturated heterocycles. The molecule has 8 heteroatoms. The Morgan fingerprint density at radius 1 is 1.00 bits per heavy atom. The zero-order chi connectivity index (χ0) is 17.6. The summed E-state index contributed by atoms with van der Waals surface area (Å²) in [6.45, 7) is 7.32. The van der Waals surface area contributed by atoms with E-state index >= 15 is 0 Å². The molecule has 0 amide bonds. The van der Waals surface area contributed by atoms with E-state index in [2.05, 4.69) is 50.6 Å². The number of hydrogen-bond acceptors (Lipinski definition) is 4. The molecule has 1 aromatic carbocycles. The Balaban J connectivity index is 2.87. The average Bonchev–Trinajstić information content (AvgIpc) is 2.49. The lowest BCUT2D eigenvalue weighted by Crippen LogP contribution is -2.37. The van der Waals surface area contributed by atoms with Crippen LogP contribution in [0.1, 0.15) is 26.7 Å².